The number of para-hydroxylation sites is 2. The number of methoxy groups -OCH3 is 3. The number of aryl methyl sites for hydroxylation is 2. The highest BCUT2D eigenvalue weighted by molar-refractivity contribution is 5.96. The molecule has 280 valence electrons. The van der Waals surface area contributed by atoms with E-state index < -0.39 is 0 Å². The van der Waals surface area contributed by atoms with Gasteiger partial charge in [-0.2, -0.15) is 0 Å². The first kappa shape index (κ1) is 36.4. The van der Waals surface area contributed by atoms with Gasteiger partial charge in [-0.25, -0.2) is 4.98 Å². The normalized spacial score (nSPS) is 18.1. The zero-order valence-corrected chi connectivity index (χ0v) is 31.5. The van der Waals surface area contributed by atoms with Crippen LogP contribution in [0.2, 0.25) is 0 Å². The third-order valence-electron chi connectivity index (χ3n) is 11.4. The van der Waals surface area contributed by atoms with Crippen LogP contribution in [0.4, 0.5) is 5.95 Å². The fourth-order valence-electron chi connectivity index (χ4n) is 8.13. The summed E-state index contributed by atoms with van der Waals surface area (Å²) in [5, 5.41) is 9.61. The van der Waals surface area contributed by atoms with Crippen LogP contribution in [0.1, 0.15) is 64.3 Å². The molecule has 11 nitrogen and oxygen atoms in total. The molecule has 0 aliphatic carbocycles. The molecule has 0 spiro atoms. The largest absolute Gasteiger partial charge is 0.493 e. The molecule has 53 heavy (non-hydrogen) atoms. The van der Waals surface area contributed by atoms with Gasteiger partial charge in [0.15, 0.2) is 11.5 Å². The van der Waals surface area contributed by atoms with Crippen LogP contribution in [-0.2, 0) is 18.6 Å². The number of benzene rings is 3. The molecule has 4 heterocycles. The third-order valence-corrected chi connectivity index (χ3v) is 11.4. The number of piperidine rings is 1. The number of carbonyl (C=O) groups excluding carboxylic acids is 1. The van der Waals surface area contributed by atoms with Gasteiger partial charge in [0.05, 0.1) is 38.9 Å². The van der Waals surface area contributed by atoms with Crippen molar-refractivity contribution in [2.45, 2.75) is 64.1 Å². The number of nitrogens with one attached hydrogen (secondary N) is 1. The van der Waals surface area contributed by atoms with Crippen molar-refractivity contribution in [3.05, 3.63) is 101 Å². The lowest BCUT2D eigenvalue weighted by molar-refractivity contribution is 0.0779. The Kier molecular flexibility index (Phi) is 10.7. The van der Waals surface area contributed by atoms with Gasteiger partial charge in [0.2, 0.25) is 11.7 Å². The second-order valence-electron chi connectivity index (χ2n) is 14.5. The van der Waals surface area contributed by atoms with Crippen LogP contribution in [0.3, 0.4) is 0 Å². The molecule has 5 aromatic rings. The molecule has 1 atom stereocenters. The Morgan fingerprint density at radius 1 is 0.943 bits per heavy atom. The van der Waals surface area contributed by atoms with E-state index in [9.17, 15) is 9.90 Å². The van der Waals surface area contributed by atoms with Crippen LogP contribution in [-0.4, -0.2) is 90.9 Å². The maximum atomic E-state index is 14.1. The van der Waals surface area contributed by atoms with E-state index in [1.807, 2.05) is 35.2 Å². The number of anilines is 1. The smallest absolute Gasteiger partial charge is 0.254 e. The summed E-state index contributed by atoms with van der Waals surface area (Å²) >= 11 is 0. The number of aromatic nitrogens is 2. The van der Waals surface area contributed by atoms with Crippen molar-refractivity contribution in [3.63, 3.8) is 0 Å². The molecule has 2 N–H and O–H groups in total. The predicted octanol–water partition coefficient (Wildman–Crippen LogP) is 6.64. The monoisotopic (exact) mass is 721 g/mol. The molecular weight excluding hydrogens is 670 g/mol. The fourth-order valence-corrected chi connectivity index (χ4v) is 8.13. The molecule has 0 radical (unpaired) electrons. The van der Waals surface area contributed by atoms with E-state index in [1.165, 1.54) is 16.7 Å². The van der Waals surface area contributed by atoms with Crippen molar-refractivity contribution in [3.8, 4) is 17.2 Å². The Morgan fingerprint density at radius 3 is 2.34 bits per heavy atom. The molecular formula is C42H51N5O6. The van der Waals surface area contributed by atoms with E-state index >= 15 is 0 Å². The van der Waals surface area contributed by atoms with Crippen LogP contribution in [0, 0.1) is 13.8 Å². The molecule has 0 saturated carbocycles. The van der Waals surface area contributed by atoms with E-state index in [4.69, 9.17) is 23.6 Å². The fraction of sp³-hybridized carbons (Fsp3) is 0.429. The van der Waals surface area contributed by atoms with Crippen LogP contribution in [0.15, 0.2) is 71.1 Å². The molecule has 2 aliphatic heterocycles. The summed E-state index contributed by atoms with van der Waals surface area (Å²) in [5.74, 6) is 3.57. The van der Waals surface area contributed by atoms with Gasteiger partial charge in [0, 0.05) is 43.2 Å². The SMILES string of the molecule is COc1cc(C(=O)N2CCC(CCN3CCC(N(Cc4ccc(CO)o4)c4nc5ccccc5[nH]4)CC3)(c3ccc(C)c(C)c3)C2)cc(OC)c1OC. The van der Waals surface area contributed by atoms with Crippen LogP contribution < -0.4 is 19.1 Å². The van der Waals surface area contributed by atoms with Crippen molar-refractivity contribution in [1.82, 2.24) is 19.8 Å². The first-order valence-electron chi connectivity index (χ1n) is 18.5. The summed E-state index contributed by atoms with van der Waals surface area (Å²) < 4.78 is 22.6. The highest BCUT2D eigenvalue weighted by atomic mass is 16.5. The highest BCUT2D eigenvalue weighted by Crippen LogP contribution is 2.42. The molecule has 2 aliphatic rings. The van der Waals surface area contributed by atoms with Gasteiger partial charge >= 0.3 is 0 Å². The van der Waals surface area contributed by atoms with Crippen molar-refractivity contribution < 1.29 is 28.5 Å². The summed E-state index contributed by atoms with van der Waals surface area (Å²) in [5.41, 5.74) is 6.13. The second kappa shape index (κ2) is 15.5. The lowest BCUT2D eigenvalue weighted by Gasteiger charge is -2.40. The third kappa shape index (κ3) is 7.45. The van der Waals surface area contributed by atoms with E-state index in [1.54, 1.807) is 33.5 Å². The zero-order chi connectivity index (χ0) is 37.1. The number of amides is 1. The molecule has 2 fully saturated rings. The lowest BCUT2D eigenvalue weighted by atomic mass is 9.75. The Hall–Kier alpha value is -5.00. The highest BCUT2D eigenvalue weighted by Gasteiger charge is 2.42. The average molecular weight is 722 g/mol. The van der Waals surface area contributed by atoms with Gasteiger partial charge in [-0.05, 0) is 99.2 Å². The molecule has 7 rings (SSSR count). The summed E-state index contributed by atoms with van der Waals surface area (Å²) in [6.45, 7) is 8.93. The number of likely N-dealkylation sites (tertiary alicyclic amines) is 2. The molecule has 0 bridgehead atoms. The van der Waals surface area contributed by atoms with Gasteiger partial charge in [-0.3, -0.25) is 4.79 Å². The van der Waals surface area contributed by atoms with Gasteiger partial charge in [0.25, 0.3) is 5.91 Å². The molecule has 3 aromatic carbocycles. The first-order valence-corrected chi connectivity index (χ1v) is 18.5. The number of ether oxygens (including phenoxy) is 3. The number of fused-ring (bicyclic) bond motifs is 1. The molecule has 2 saturated heterocycles. The van der Waals surface area contributed by atoms with E-state index in [2.05, 4.69) is 52.9 Å². The Labute approximate surface area is 311 Å². The minimum Gasteiger partial charge on any atom is -0.493 e. The maximum Gasteiger partial charge on any atom is 0.254 e. The van der Waals surface area contributed by atoms with Gasteiger partial charge in [0.1, 0.15) is 18.1 Å². The Balaban J connectivity index is 1.07. The summed E-state index contributed by atoms with van der Waals surface area (Å²) in [6, 6.07) is 22.5. The number of aliphatic hydroxyl groups excluding tert-OH is 1. The van der Waals surface area contributed by atoms with Crippen molar-refractivity contribution in [2.24, 2.45) is 0 Å². The summed E-state index contributed by atoms with van der Waals surface area (Å²) in [4.78, 5) is 29.5. The number of imidazole rings is 1. The maximum absolute atomic E-state index is 14.1. The van der Waals surface area contributed by atoms with Gasteiger partial charge < -0.3 is 43.4 Å². The first-order chi connectivity index (χ1) is 25.7. The van der Waals surface area contributed by atoms with Crippen LogP contribution in [0.5, 0.6) is 17.2 Å². The summed E-state index contributed by atoms with van der Waals surface area (Å²) in [7, 11) is 4.70. The Bertz CT molecular complexity index is 1990. The molecule has 11 heteroatoms. The number of aliphatic hydroxyl groups is 1. The van der Waals surface area contributed by atoms with E-state index in [0.29, 0.717) is 48.2 Å². The minimum absolute atomic E-state index is 0.0379. The van der Waals surface area contributed by atoms with Crippen molar-refractivity contribution in [2.75, 3.05) is 59.0 Å². The van der Waals surface area contributed by atoms with E-state index in [-0.39, 0.29) is 24.0 Å². The quantitative estimate of drug-likeness (QED) is 0.138. The number of furan rings is 1. The van der Waals surface area contributed by atoms with E-state index in [0.717, 1.165) is 68.1 Å². The predicted molar refractivity (Wildman–Crippen MR) is 205 cm³/mol. The number of H-pyrrole nitrogens is 1. The molecule has 1 amide bonds. The number of carbonyl (C=O) groups is 1. The molecule has 1 unspecified atom stereocenters. The standard InChI is InChI=1S/C42H51N5O6/c1-28-10-11-31(22-29(28)2)42(17-21-46(27-42)40(49)30-23-37(50-3)39(52-5)38(24-30)51-4)16-20-45-18-14-32(15-19-45)47(25-33-12-13-34(26-48)53-33)41-43-35-8-6-7-9-36(35)44-41/h6-13,22-24,32,48H,14-21,25-27H2,1-5H3,(H,43,44). The minimum atomic E-state index is -0.171. The topological polar surface area (TPSA) is 117 Å². The number of hydrogen-bond acceptors (Lipinski definition) is 9. The number of aromatic amines is 1. The lowest BCUT2D eigenvalue weighted by Crippen LogP contribution is -2.46. The van der Waals surface area contributed by atoms with Crippen molar-refractivity contribution >= 4 is 22.9 Å². The average Bonchev–Trinajstić information content (AvgIpc) is 3.95. The second-order valence-corrected chi connectivity index (χ2v) is 14.5. The zero-order valence-electron chi connectivity index (χ0n) is 31.5. The molecule has 2 aromatic heterocycles. The van der Waals surface area contributed by atoms with Crippen molar-refractivity contribution in [1.29, 1.82) is 0 Å². The number of hydrogen-bond donors (Lipinski definition) is 2. The van der Waals surface area contributed by atoms with Crippen LogP contribution >= 0.6 is 0 Å². The van der Waals surface area contributed by atoms with Gasteiger partial charge in [-0.1, -0.05) is 30.3 Å². The van der Waals surface area contributed by atoms with Crippen LogP contribution in [0.25, 0.3) is 11.0 Å². The summed E-state index contributed by atoms with van der Waals surface area (Å²) in [6.07, 6.45) is 3.80. The van der Waals surface area contributed by atoms with Gasteiger partial charge in [-0.15, -0.1) is 0 Å². The Morgan fingerprint density at radius 2 is 1.68 bits per heavy atom. The number of rotatable bonds is 13. The number of nitrogens with zero attached hydrogens (tertiary/aromatic N) is 4.